The quantitative estimate of drug-likeness (QED) is 0.908. The minimum atomic E-state index is -0.0133. The molecule has 0 radical (unpaired) electrons. The first kappa shape index (κ1) is 11.5. The van der Waals surface area contributed by atoms with Crippen LogP contribution in [0.4, 0.5) is 0 Å². The predicted octanol–water partition coefficient (Wildman–Crippen LogP) is 3.38. The Bertz CT molecular complexity index is 490. The van der Waals surface area contributed by atoms with E-state index in [1.165, 1.54) is 11.8 Å². The fraction of sp³-hybridized carbons (Fsp3) is 0.0833. The first-order chi connectivity index (χ1) is 7.81. The second kappa shape index (κ2) is 5.34. The number of hydrogen-bond donors (Lipinski definition) is 1. The number of aliphatic hydroxyl groups is 1. The first-order valence-corrected chi connectivity index (χ1v) is 5.98. The normalized spacial score (nSPS) is 10.4. The van der Waals surface area contributed by atoms with Gasteiger partial charge in [-0.25, -0.2) is 4.98 Å². The third-order valence-corrected chi connectivity index (χ3v) is 3.64. The van der Waals surface area contributed by atoms with Gasteiger partial charge in [-0.1, -0.05) is 41.6 Å². The van der Waals surface area contributed by atoms with E-state index in [0.29, 0.717) is 5.02 Å². The smallest absolute Gasteiger partial charge is 0.106 e. The van der Waals surface area contributed by atoms with Crippen molar-refractivity contribution in [2.75, 3.05) is 0 Å². The standard InChI is InChI=1S/C12H10ClNOS/c13-10-5-1-2-6-11(10)16-12-9(8-15)4-3-7-14-12/h1-7,15H,8H2. The molecule has 16 heavy (non-hydrogen) atoms. The van der Waals surface area contributed by atoms with Gasteiger partial charge in [0.2, 0.25) is 0 Å². The summed E-state index contributed by atoms with van der Waals surface area (Å²) in [6.45, 7) is -0.0133. The summed E-state index contributed by atoms with van der Waals surface area (Å²) < 4.78 is 0. The molecule has 1 aromatic heterocycles. The Morgan fingerprint density at radius 1 is 1.19 bits per heavy atom. The van der Waals surface area contributed by atoms with Crippen molar-refractivity contribution in [2.24, 2.45) is 0 Å². The van der Waals surface area contributed by atoms with Gasteiger partial charge in [0.15, 0.2) is 0 Å². The minimum absolute atomic E-state index is 0.0133. The van der Waals surface area contributed by atoms with Crippen LogP contribution in [0.15, 0.2) is 52.5 Å². The van der Waals surface area contributed by atoms with Crippen LogP contribution in [-0.4, -0.2) is 10.1 Å². The molecule has 0 aliphatic carbocycles. The average molecular weight is 252 g/mol. The Kier molecular flexibility index (Phi) is 3.83. The molecular weight excluding hydrogens is 242 g/mol. The molecule has 2 rings (SSSR count). The molecule has 0 saturated carbocycles. The van der Waals surface area contributed by atoms with E-state index in [1.54, 1.807) is 6.20 Å². The van der Waals surface area contributed by atoms with Crippen LogP contribution in [0, 0.1) is 0 Å². The van der Waals surface area contributed by atoms with Gasteiger partial charge < -0.3 is 5.11 Å². The van der Waals surface area contributed by atoms with Crippen molar-refractivity contribution < 1.29 is 5.11 Å². The Labute approximate surface area is 103 Å². The number of rotatable bonds is 3. The average Bonchev–Trinajstić information content (AvgIpc) is 2.33. The molecule has 0 amide bonds. The Morgan fingerprint density at radius 2 is 2.00 bits per heavy atom. The van der Waals surface area contributed by atoms with E-state index in [2.05, 4.69) is 4.98 Å². The Morgan fingerprint density at radius 3 is 2.75 bits per heavy atom. The lowest BCUT2D eigenvalue weighted by molar-refractivity contribution is 0.278. The SMILES string of the molecule is OCc1cccnc1Sc1ccccc1Cl. The molecule has 0 saturated heterocycles. The van der Waals surface area contributed by atoms with Crippen molar-refractivity contribution in [2.45, 2.75) is 16.5 Å². The zero-order chi connectivity index (χ0) is 11.4. The minimum Gasteiger partial charge on any atom is -0.392 e. The maximum Gasteiger partial charge on any atom is 0.106 e. The summed E-state index contributed by atoms with van der Waals surface area (Å²) in [5.41, 5.74) is 0.812. The topological polar surface area (TPSA) is 33.1 Å². The van der Waals surface area contributed by atoms with Crippen molar-refractivity contribution in [3.8, 4) is 0 Å². The van der Waals surface area contributed by atoms with Crippen LogP contribution >= 0.6 is 23.4 Å². The van der Waals surface area contributed by atoms with Gasteiger partial charge in [0.25, 0.3) is 0 Å². The van der Waals surface area contributed by atoms with Crippen LogP contribution in [0.5, 0.6) is 0 Å². The van der Waals surface area contributed by atoms with Gasteiger partial charge in [-0.05, 0) is 18.2 Å². The molecule has 1 aromatic carbocycles. The number of benzene rings is 1. The number of aromatic nitrogens is 1. The van der Waals surface area contributed by atoms with Crippen LogP contribution in [0.25, 0.3) is 0 Å². The Balaban J connectivity index is 2.30. The molecule has 2 aromatic rings. The summed E-state index contributed by atoms with van der Waals surface area (Å²) in [6, 6.07) is 11.2. The summed E-state index contributed by atoms with van der Waals surface area (Å²) in [5.74, 6) is 0. The zero-order valence-electron chi connectivity index (χ0n) is 8.43. The summed E-state index contributed by atoms with van der Waals surface area (Å²) in [6.07, 6.45) is 1.71. The van der Waals surface area contributed by atoms with Crippen molar-refractivity contribution >= 4 is 23.4 Å². The summed E-state index contributed by atoms with van der Waals surface area (Å²) in [7, 11) is 0. The highest BCUT2D eigenvalue weighted by Gasteiger charge is 2.06. The van der Waals surface area contributed by atoms with E-state index in [-0.39, 0.29) is 6.61 Å². The van der Waals surface area contributed by atoms with Crippen molar-refractivity contribution in [3.63, 3.8) is 0 Å². The van der Waals surface area contributed by atoms with Gasteiger partial charge in [0.1, 0.15) is 5.03 Å². The summed E-state index contributed by atoms with van der Waals surface area (Å²) in [5, 5.41) is 10.7. The maximum atomic E-state index is 9.18. The van der Waals surface area contributed by atoms with E-state index in [0.717, 1.165) is 15.5 Å². The lowest BCUT2D eigenvalue weighted by Gasteiger charge is -2.06. The highest BCUT2D eigenvalue weighted by Crippen LogP contribution is 2.33. The fourth-order valence-corrected chi connectivity index (χ4v) is 2.42. The predicted molar refractivity (Wildman–Crippen MR) is 65.7 cm³/mol. The van der Waals surface area contributed by atoms with E-state index >= 15 is 0 Å². The van der Waals surface area contributed by atoms with Gasteiger partial charge in [0.05, 0.1) is 11.6 Å². The van der Waals surface area contributed by atoms with E-state index < -0.39 is 0 Å². The molecular formula is C12H10ClNOS. The lowest BCUT2D eigenvalue weighted by atomic mass is 10.3. The summed E-state index contributed by atoms with van der Waals surface area (Å²) in [4.78, 5) is 5.17. The van der Waals surface area contributed by atoms with Gasteiger partial charge >= 0.3 is 0 Å². The number of aliphatic hydroxyl groups excluding tert-OH is 1. The van der Waals surface area contributed by atoms with Gasteiger partial charge in [-0.3, -0.25) is 0 Å². The van der Waals surface area contributed by atoms with Gasteiger partial charge in [-0.15, -0.1) is 0 Å². The van der Waals surface area contributed by atoms with Crippen LogP contribution in [0.1, 0.15) is 5.56 Å². The van der Waals surface area contributed by atoms with Crippen molar-refractivity contribution in [3.05, 3.63) is 53.2 Å². The number of halogens is 1. The third-order valence-electron chi connectivity index (χ3n) is 2.06. The molecule has 2 nitrogen and oxygen atoms in total. The van der Waals surface area contributed by atoms with Gasteiger partial charge in [-0.2, -0.15) is 0 Å². The molecule has 0 aliphatic rings. The number of nitrogens with zero attached hydrogens (tertiary/aromatic N) is 1. The zero-order valence-corrected chi connectivity index (χ0v) is 10.0. The third kappa shape index (κ3) is 2.55. The second-order valence-corrected chi connectivity index (χ2v) is 4.60. The molecule has 0 unspecified atom stereocenters. The highest BCUT2D eigenvalue weighted by molar-refractivity contribution is 7.99. The first-order valence-electron chi connectivity index (χ1n) is 4.78. The number of hydrogen-bond acceptors (Lipinski definition) is 3. The van der Waals surface area contributed by atoms with Crippen molar-refractivity contribution in [1.29, 1.82) is 0 Å². The molecule has 0 bridgehead atoms. The molecule has 0 fully saturated rings. The van der Waals surface area contributed by atoms with Crippen LogP contribution in [0.2, 0.25) is 5.02 Å². The monoisotopic (exact) mass is 251 g/mol. The van der Waals surface area contributed by atoms with E-state index in [4.69, 9.17) is 11.6 Å². The molecule has 1 N–H and O–H groups in total. The van der Waals surface area contributed by atoms with Crippen molar-refractivity contribution in [1.82, 2.24) is 4.98 Å². The van der Waals surface area contributed by atoms with Crippen LogP contribution in [-0.2, 0) is 6.61 Å². The fourth-order valence-electron chi connectivity index (χ4n) is 1.27. The highest BCUT2D eigenvalue weighted by atomic mass is 35.5. The van der Waals surface area contributed by atoms with E-state index in [9.17, 15) is 5.11 Å². The summed E-state index contributed by atoms with van der Waals surface area (Å²) >= 11 is 7.52. The van der Waals surface area contributed by atoms with Crippen LogP contribution < -0.4 is 0 Å². The van der Waals surface area contributed by atoms with E-state index in [1.807, 2.05) is 36.4 Å². The van der Waals surface area contributed by atoms with Crippen LogP contribution in [0.3, 0.4) is 0 Å². The lowest BCUT2D eigenvalue weighted by Crippen LogP contribution is -1.90. The molecule has 4 heteroatoms. The Hall–Kier alpha value is -1.03. The maximum absolute atomic E-state index is 9.18. The number of pyridine rings is 1. The molecule has 0 spiro atoms. The largest absolute Gasteiger partial charge is 0.392 e. The molecule has 0 aliphatic heterocycles. The second-order valence-electron chi connectivity index (χ2n) is 3.16. The van der Waals surface area contributed by atoms with Gasteiger partial charge in [0, 0.05) is 16.7 Å². The molecule has 1 heterocycles. The molecule has 82 valence electrons. The molecule has 0 atom stereocenters.